The average molecular weight is 167 g/mol. The third-order valence-electron chi connectivity index (χ3n) is 1.65. The van der Waals surface area contributed by atoms with Crippen LogP contribution in [0.5, 0.6) is 0 Å². The van der Waals surface area contributed by atoms with E-state index in [-0.39, 0.29) is 24.8 Å². The minimum absolute atomic E-state index is 0. The molecule has 0 atom stereocenters. The van der Waals surface area contributed by atoms with Gasteiger partial charge >= 0.3 is 0 Å². The first-order chi connectivity index (χ1) is 3.39. The van der Waals surface area contributed by atoms with Crippen molar-refractivity contribution in [3.05, 3.63) is 0 Å². The molecule has 0 saturated heterocycles. The van der Waals surface area contributed by atoms with Crippen LogP contribution in [0.25, 0.3) is 0 Å². The van der Waals surface area contributed by atoms with Gasteiger partial charge in [0.05, 0.1) is 7.85 Å². The summed E-state index contributed by atoms with van der Waals surface area (Å²) in [6.45, 7) is 0. The minimum Gasteiger partial charge on any atom is -0.147 e. The smallest absolute Gasteiger partial charge is 0.0699 e. The van der Waals surface area contributed by atoms with E-state index >= 15 is 0 Å². The van der Waals surface area contributed by atoms with E-state index in [1.54, 1.807) is 0 Å². The zero-order valence-corrected chi connectivity index (χ0v) is 7.14. The van der Waals surface area contributed by atoms with Gasteiger partial charge in [-0.3, -0.25) is 0 Å². The highest BCUT2D eigenvalue weighted by atomic mass is 35.5. The van der Waals surface area contributed by atoms with Crippen molar-refractivity contribution in [1.29, 1.82) is 0 Å². The highest BCUT2D eigenvalue weighted by Crippen LogP contribution is 2.24. The van der Waals surface area contributed by atoms with E-state index in [1.807, 2.05) is 0 Å². The van der Waals surface area contributed by atoms with Gasteiger partial charge in [-0.05, 0) is 0 Å². The Morgan fingerprint density at radius 2 is 1.33 bits per heavy atom. The lowest BCUT2D eigenvalue weighted by Gasteiger charge is -2.15. The van der Waals surface area contributed by atoms with Crippen LogP contribution < -0.4 is 0 Å². The molecule has 0 aromatic rings. The Balaban J connectivity index is 0. The molecule has 1 rings (SSSR count). The second-order valence-electron chi connectivity index (χ2n) is 2.40. The zero-order valence-electron chi connectivity index (χ0n) is 5.51. The Bertz CT molecular complexity index is 53.0. The summed E-state index contributed by atoms with van der Waals surface area (Å²) in [5, 5.41) is 0. The Morgan fingerprint density at radius 1 is 0.889 bits per heavy atom. The fourth-order valence-electron chi connectivity index (χ4n) is 1.13. The number of hydrogen-bond acceptors (Lipinski definition) is 0. The molecule has 1 aliphatic rings. The lowest BCUT2D eigenvalue weighted by atomic mass is 9.76. The van der Waals surface area contributed by atoms with E-state index in [1.165, 1.54) is 32.1 Å². The van der Waals surface area contributed by atoms with E-state index in [0.29, 0.717) is 5.82 Å². The van der Waals surface area contributed by atoms with Gasteiger partial charge < -0.3 is 0 Å². The fraction of sp³-hybridized carbons (Fsp3) is 1.00. The van der Waals surface area contributed by atoms with Gasteiger partial charge in [0.15, 0.2) is 0 Å². The summed E-state index contributed by atoms with van der Waals surface area (Å²) >= 11 is 0. The van der Waals surface area contributed by atoms with Crippen molar-refractivity contribution < 1.29 is 0 Å². The van der Waals surface area contributed by atoms with Crippen molar-refractivity contribution in [2.45, 2.75) is 37.9 Å². The number of hydrogen-bond donors (Lipinski definition) is 0. The molecule has 0 bridgehead atoms. The number of rotatable bonds is 0. The van der Waals surface area contributed by atoms with Gasteiger partial charge in [0.2, 0.25) is 0 Å². The topological polar surface area (TPSA) is 0 Å². The molecule has 54 valence electrons. The zero-order chi connectivity index (χ0) is 5.11. The maximum Gasteiger partial charge on any atom is 0.0699 e. The van der Waals surface area contributed by atoms with Crippen LogP contribution in [0.15, 0.2) is 0 Å². The van der Waals surface area contributed by atoms with Crippen molar-refractivity contribution in [2.24, 2.45) is 0 Å². The van der Waals surface area contributed by atoms with Crippen LogP contribution in [-0.4, -0.2) is 7.85 Å². The predicted octanol–water partition coefficient (Wildman–Crippen LogP) is 2.75. The molecule has 0 spiro atoms. The first kappa shape index (κ1) is 12.3. The van der Waals surface area contributed by atoms with E-state index < -0.39 is 0 Å². The normalized spacial score (nSPS) is 19.6. The van der Waals surface area contributed by atoms with Crippen LogP contribution in [0.2, 0.25) is 5.82 Å². The van der Waals surface area contributed by atoms with Gasteiger partial charge in [-0.1, -0.05) is 37.9 Å². The van der Waals surface area contributed by atoms with Gasteiger partial charge in [-0.25, -0.2) is 0 Å². The van der Waals surface area contributed by atoms with E-state index in [4.69, 9.17) is 7.85 Å². The van der Waals surface area contributed by atoms with E-state index in [9.17, 15) is 0 Å². The van der Waals surface area contributed by atoms with Crippen molar-refractivity contribution >= 4 is 32.7 Å². The van der Waals surface area contributed by atoms with Crippen molar-refractivity contribution in [2.75, 3.05) is 0 Å². The Hall–Kier alpha value is 0.645. The highest BCUT2D eigenvalue weighted by Gasteiger charge is 2.05. The molecule has 1 fully saturated rings. The lowest BCUT2D eigenvalue weighted by molar-refractivity contribution is 0.504. The molecule has 0 heterocycles. The molecule has 0 nitrogen and oxygen atoms in total. The molecule has 1 saturated carbocycles. The molecule has 0 N–H and O–H groups in total. The van der Waals surface area contributed by atoms with E-state index in [0.717, 1.165) is 0 Å². The molecule has 2 radical (unpaired) electrons. The summed E-state index contributed by atoms with van der Waals surface area (Å²) in [6, 6.07) is 0. The molecule has 0 unspecified atom stereocenters. The Kier molecular flexibility index (Phi) is 9.26. The third-order valence-corrected chi connectivity index (χ3v) is 1.65. The van der Waals surface area contributed by atoms with Crippen LogP contribution in [-0.2, 0) is 0 Å². The summed E-state index contributed by atoms with van der Waals surface area (Å²) in [6.07, 6.45) is 6.66. The molecule has 1 aliphatic carbocycles. The first-order valence-electron chi connectivity index (χ1n) is 3.15. The molecule has 3 heteroatoms. The predicted molar refractivity (Wildman–Crippen MR) is 47.1 cm³/mol. The van der Waals surface area contributed by atoms with Crippen molar-refractivity contribution in [3.8, 4) is 0 Å². The summed E-state index contributed by atoms with van der Waals surface area (Å²) in [7, 11) is 5.63. The van der Waals surface area contributed by atoms with Crippen LogP contribution in [0.3, 0.4) is 0 Å². The highest BCUT2D eigenvalue weighted by molar-refractivity contribution is 6.11. The Labute approximate surface area is 71.0 Å². The van der Waals surface area contributed by atoms with Gasteiger partial charge in [0.1, 0.15) is 0 Å². The summed E-state index contributed by atoms with van der Waals surface area (Å²) < 4.78 is 0. The fourth-order valence-corrected chi connectivity index (χ4v) is 1.13. The van der Waals surface area contributed by atoms with Gasteiger partial charge in [-0.15, -0.1) is 24.8 Å². The van der Waals surface area contributed by atoms with Crippen LogP contribution in [0.4, 0.5) is 0 Å². The van der Waals surface area contributed by atoms with Gasteiger partial charge in [0.25, 0.3) is 0 Å². The van der Waals surface area contributed by atoms with Crippen LogP contribution >= 0.6 is 24.8 Å². The molecular weight excluding hydrogens is 154 g/mol. The summed E-state index contributed by atoms with van der Waals surface area (Å²) in [5.74, 6) is 0.536. The minimum atomic E-state index is 0. The molecule has 0 aromatic carbocycles. The number of halogens is 2. The standard InChI is InChI=1S/C6H11B.2ClH/c7-6-4-2-1-3-5-6;;/h6H,1-5H2;2*1H. The van der Waals surface area contributed by atoms with E-state index in [2.05, 4.69) is 0 Å². The quantitative estimate of drug-likeness (QED) is 0.486. The second kappa shape index (κ2) is 6.76. The third kappa shape index (κ3) is 5.11. The molecule has 9 heavy (non-hydrogen) atoms. The largest absolute Gasteiger partial charge is 0.147 e. The molecule has 0 aromatic heterocycles. The van der Waals surface area contributed by atoms with Crippen molar-refractivity contribution in [1.82, 2.24) is 0 Å². The summed E-state index contributed by atoms with van der Waals surface area (Å²) in [4.78, 5) is 0. The lowest BCUT2D eigenvalue weighted by Crippen LogP contribution is -1.98. The van der Waals surface area contributed by atoms with Gasteiger partial charge in [0, 0.05) is 0 Å². The van der Waals surface area contributed by atoms with Crippen molar-refractivity contribution in [3.63, 3.8) is 0 Å². The van der Waals surface area contributed by atoms with Gasteiger partial charge in [-0.2, -0.15) is 0 Å². The monoisotopic (exact) mass is 166 g/mol. The van der Waals surface area contributed by atoms with Crippen LogP contribution in [0, 0.1) is 0 Å². The second-order valence-corrected chi connectivity index (χ2v) is 2.40. The Morgan fingerprint density at radius 3 is 1.56 bits per heavy atom. The SMILES string of the molecule is Cl.Cl.[B]C1CCCCC1. The first-order valence-corrected chi connectivity index (χ1v) is 3.15. The molecule has 0 amide bonds. The molecule has 0 aliphatic heterocycles. The maximum absolute atomic E-state index is 5.63. The summed E-state index contributed by atoms with van der Waals surface area (Å²) in [5.41, 5.74) is 0. The average Bonchev–Trinajstić information content (AvgIpc) is 1.69. The maximum atomic E-state index is 5.63. The molecular formula is C6H13BCl2. The van der Waals surface area contributed by atoms with Crippen LogP contribution in [0.1, 0.15) is 32.1 Å².